The first-order valence-electron chi connectivity index (χ1n) is 6.91. The summed E-state index contributed by atoms with van der Waals surface area (Å²) < 4.78 is 0. The molecule has 0 aliphatic heterocycles. The first kappa shape index (κ1) is 15.6. The smallest absolute Gasteiger partial charge is 0.235 e. The summed E-state index contributed by atoms with van der Waals surface area (Å²) in [5, 5.41) is 4.66. The lowest BCUT2D eigenvalue weighted by Gasteiger charge is -2.16. The fourth-order valence-electron chi connectivity index (χ4n) is 1.98. The number of nitrogens with zero attached hydrogens (tertiary/aromatic N) is 3. The van der Waals surface area contributed by atoms with Crippen molar-refractivity contribution in [3.8, 4) is 0 Å². The predicted molar refractivity (Wildman–Crippen MR) is 87.7 cm³/mol. The third-order valence-corrected chi connectivity index (χ3v) is 3.95. The topological polar surface area (TPSA) is 58.1 Å². The molecule has 1 N–H and O–H groups in total. The van der Waals surface area contributed by atoms with E-state index in [-0.39, 0.29) is 11.2 Å². The van der Waals surface area contributed by atoms with E-state index in [2.05, 4.69) is 15.3 Å². The Hall–Kier alpha value is -1.82. The Balaban J connectivity index is 2.34. The van der Waals surface area contributed by atoms with Crippen molar-refractivity contribution in [2.45, 2.75) is 24.3 Å². The predicted octanol–water partition coefficient (Wildman–Crippen LogP) is 2.63. The van der Waals surface area contributed by atoms with Crippen LogP contribution in [0.4, 0.5) is 5.82 Å². The second-order valence-corrected chi connectivity index (χ2v) is 6.20. The van der Waals surface area contributed by atoms with Gasteiger partial charge in [0, 0.05) is 26.0 Å². The fraction of sp³-hybridized carbons (Fsp3) is 0.400. The summed E-state index contributed by atoms with van der Waals surface area (Å²) in [6.07, 6.45) is 0. The molecule has 1 amide bonds. The molecule has 0 radical (unpaired) electrons. The second-order valence-electron chi connectivity index (χ2n) is 4.90. The lowest BCUT2D eigenvalue weighted by atomic mass is 10.2. The number of thioether (sulfide) groups is 1. The summed E-state index contributed by atoms with van der Waals surface area (Å²) in [6.45, 7) is 4.69. The number of carbonyl (C=O) groups excluding carboxylic acids is 1. The molecule has 2 rings (SSSR count). The molecule has 2 aromatic rings. The van der Waals surface area contributed by atoms with Crippen LogP contribution in [0.2, 0.25) is 0 Å². The normalized spacial score (nSPS) is 12.2. The maximum absolute atomic E-state index is 12.0. The van der Waals surface area contributed by atoms with Gasteiger partial charge in [-0.3, -0.25) is 4.79 Å². The van der Waals surface area contributed by atoms with Gasteiger partial charge in [-0.05, 0) is 26.0 Å². The molecule has 0 saturated carbocycles. The number of amides is 1. The molecular weight excluding hydrogens is 284 g/mol. The van der Waals surface area contributed by atoms with Crippen LogP contribution in [0.5, 0.6) is 0 Å². The van der Waals surface area contributed by atoms with Crippen LogP contribution >= 0.6 is 11.8 Å². The van der Waals surface area contributed by atoms with Crippen molar-refractivity contribution in [3.05, 3.63) is 24.3 Å². The van der Waals surface area contributed by atoms with Crippen molar-refractivity contribution in [1.82, 2.24) is 14.9 Å². The van der Waals surface area contributed by atoms with Gasteiger partial charge in [-0.1, -0.05) is 23.9 Å². The minimum absolute atomic E-state index is 0.0572. The van der Waals surface area contributed by atoms with E-state index in [9.17, 15) is 4.79 Å². The standard InChI is InChI=1S/C15H20N4OS/c1-5-16-13-11-8-6-7-9-12(11)17-15(18-13)21-10(2)14(20)19(3)4/h6-10H,5H2,1-4H3,(H,16,17,18)/t10-/m1/s1. The van der Waals surface area contributed by atoms with Gasteiger partial charge in [0.15, 0.2) is 5.16 Å². The van der Waals surface area contributed by atoms with Gasteiger partial charge in [0.1, 0.15) is 5.82 Å². The molecule has 1 aromatic carbocycles. The van der Waals surface area contributed by atoms with Crippen molar-refractivity contribution >= 4 is 34.4 Å². The van der Waals surface area contributed by atoms with Gasteiger partial charge in [-0.25, -0.2) is 9.97 Å². The van der Waals surface area contributed by atoms with Crippen LogP contribution in [-0.4, -0.2) is 46.7 Å². The number of anilines is 1. The van der Waals surface area contributed by atoms with Crippen molar-refractivity contribution < 1.29 is 4.79 Å². The highest BCUT2D eigenvalue weighted by Gasteiger charge is 2.18. The summed E-state index contributed by atoms with van der Waals surface area (Å²) in [5.41, 5.74) is 0.885. The number of hydrogen-bond donors (Lipinski definition) is 1. The molecule has 0 saturated heterocycles. The number of benzene rings is 1. The zero-order chi connectivity index (χ0) is 15.4. The molecule has 1 heterocycles. The molecule has 0 aliphatic rings. The summed E-state index contributed by atoms with van der Waals surface area (Å²) in [7, 11) is 3.51. The maximum atomic E-state index is 12.0. The summed E-state index contributed by atoms with van der Waals surface area (Å²) in [4.78, 5) is 22.6. The monoisotopic (exact) mass is 304 g/mol. The minimum Gasteiger partial charge on any atom is -0.370 e. The molecule has 0 spiro atoms. The van der Waals surface area contributed by atoms with Crippen LogP contribution in [0.3, 0.4) is 0 Å². The lowest BCUT2D eigenvalue weighted by molar-refractivity contribution is -0.127. The Labute approximate surface area is 129 Å². The van der Waals surface area contributed by atoms with E-state index in [1.165, 1.54) is 11.8 Å². The van der Waals surface area contributed by atoms with Crippen LogP contribution < -0.4 is 5.32 Å². The van der Waals surface area contributed by atoms with Crippen molar-refractivity contribution in [1.29, 1.82) is 0 Å². The Morgan fingerprint density at radius 1 is 1.33 bits per heavy atom. The van der Waals surface area contributed by atoms with E-state index in [4.69, 9.17) is 0 Å². The number of hydrogen-bond acceptors (Lipinski definition) is 5. The maximum Gasteiger partial charge on any atom is 0.235 e. The lowest BCUT2D eigenvalue weighted by Crippen LogP contribution is -2.29. The van der Waals surface area contributed by atoms with E-state index in [0.717, 1.165) is 23.3 Å². The van der Waals surface area contributed by atoms with E-state index < -0.39 is 0 Å². The molecule has 21 heavy (non-hydrogen) atoms. The van der Waals surface area contributed by atoms with Gasteiger partial charge >= 0.3 is 0 Å². The number of para-hydroxylation sites is 1. The zero-order valence-corrected chi connectivity index (χ0v) is 13.6. The number of rotatable bonds is 5. The van der Waals surface area contributed by atoms with Gasteiger partial charge in [-0.15, -0.1) is 0 Å². The number of aromatic nitrogens is 2. The van der Waals surface area contributed by atoms with Gasteiger partial charge in [0.25, 0.3) is 0 Å². The highest BCUT2D eigenvalue weighted by molar-refractivity contribution is 8.00. The van der Waals surface area contributed by atoms with Gasteiger partial charge < -0.3 is 10.2 Å². The Bertz CT molecular complexity index is 645. The SMILES string of the molecule is CCNc1nc(S[C@H](C)C(=O)N(C)C)nc2ccccc12. The third kappa shape index (κ3) is 3.64. The number of carbonyl (C=O) groups is 1. The highest BCUT2D eigenvalue weighted by atomic mass is 32.2. The Kier molecular flexibility index (Phi) is 5.01. The average molecular weight is 304 g/mol. The van der Waals surface area contributed by atoms with Gasteiger partial charge in [-0.2, -0.15) is 0 Å². The van der Waals surface area contributed by atoms with E-state index in [1.807, 2.05) is 38.1 Å². The molecule has 1 aromatic heterocycles. The molecule has 0 fully saturated rings. The molecule has 1 atom stereocenters. The van der Waals surface area contributed by atoms with E-state index in [1.54, 1.807) is 19.0 Å². The molecule has 5 nitrogen and oxygen atoms in total. The van der Waals surface area contributed by atoms with Crippen LogP contribution in [0.15, 0.2) is 29.4 Å². The average Bonchev–Trinajstić information content (AvgIpc) is 2.46. The Morgan fingerprint density at radius 2 is 2.05 bits per heavy atom. The first-order chi connectivity index (χ1) is 10.0. The van der Waals surface area contributed by atoms with Crippen molar-refractivity contribution in [2.24, 2.45) is 0 Å². The van der Waals surface area contributed by atoms with E-state index >= 15 is 0 Å². The summed E-state index contributed by atoms with van der Waals surface area (Å²) >= 11 is 1.38. The van der Waals surface area contributed by atoms with Crippen LogP contribution in [0.1, 0.15) is 13.8 Å². The van der Waals surface area contributed by atoms with Crippen LogP contribution in [-0.2, 0) is 4.79 Å². The molecular formula is C15H20N4OS. The molecule has 6 heteroatoms. The van der Waals surface area contributed by atoms with Gasteiger partial charge in [0.05, 0.1) is 10.8 Å². The highest BCUT2D eigenvalue weighted by Crippen LogP contribution is 2.27. The van der Waals surface area contributed by atoms with E-state index in [0.29, 0.717) is 5.16 Å². The largest absolute Gasteiger partial charge is 0.370 e. The van der Waals surface area contributed by atoms with Crippen LogP contribution in [0, 0.1) is 0 Å². The summed E-state index contributed by atoms with van der Waals surface area (Å²) in [6, 6.07) is 7.88. The Morgan fingerprint density at radius 3 is 2.71 bits per heavy atom. The number of nitrogens with one attached hydrogen (secondary N) is 1. The number of fused-ring (bicyclic) bond motifs is 1. The molecule has 112 valence electrons. The fourth-order valence-corrected chi connectivity index (χ4v) is 2.91. The van der Waals surface area contributed by atoms with Crippen molar-refractivity contribution in [3.63, 3.8) is 0 Å². The second kappa shape index (κ2) is 6.76. The van der Waals surface area contributed by atoms with Crippen LogP contribution in [0.25, 0.3) is 10.9 Å². The molecule has 0 aliphatic carbocycles. The molecule has 0 unspecified atom stereocenters. The third-order valence-electron chi connectivity index (χ3n) is 3.00. The first-order valence-corrected chi connectivity index (χ1v) is 7.79. The minimum atomic E-state index is -0.212. The van der Waals surface area contributed by atoms with Crippen molar-refractivity contribution in [2.75, 3.05) is 26.0 Å². The molecule has 0 bridgehead atoms. The quantitative estimate of drug-likeness (QED) is 0.680. The van der Waals surface area contributed by atoms with Gasteiger partial charge in [0.2, 0.25) is 5.91 Å². The summed E-state index contributed by atoms with van der Waals surface area (Å²) in [5.74, 6) is 0.872. The zero-order valence-electron chi connectivity index (χ0n) is 12.8.